The molecule has 1 aromatic heterocycles. The average molecular weight is 548 g/mol. The predicted molar refractivity (Wildman–Crippen MR) is 149 cm³/mol. The smallest absolute Gasteiger partial charge is 0.349 e. The van der Waals surface area contributed by atoms with Crippen LogP contribution in [-0.2, 0) is 11.4 Å². The van der Waals surface area contributed by atoms with Gasteiger partial charge in [-0.15, -0.1) is 0 Å². The van der Waals surface area contributed by atoms with Crippen LogP contribution >= 0.6 is 11.6 Å². The lowest BCUT2D eigenvalue weighted by Crippen LogP contribution is -2.28. The van der Waals surface area contributed by atoms with Crippen molar-refractivity contribution in [3.05, 3.63) is 105 Å². The van der Waals surface area contributed by atoms with Crippen molar-refractivity contribution in [1.82, 2.24) is 5.32 Å². The summed E-state index contributed by atoms with van der Waals surface area (Å²) < 4.78 is 21.9. The maximum Gasteiger partial charge on any atom is 0.349 e. The maximum atomic E-state index is 12.4. The lowest BCUT2D eigenvalue weighted by Gasteiger charge is -2.11. The normalized spacial score (nSPS) is 10.9. The van der Waals surface area contributed by atoms with E-state index in [9.17, 15) is 14.4 Å². The molecule has 0 bridgehead atoms. The second-order valence-corrected chi connectivity index (χ2v) is 8.92. The van der Waals surface area contributed by atoms with Crippen molar-refractivity contribution in [2.75, 3.05) is 13.7 Å². The zero-order chi connectivity index (χ0) is 27.8. The summed E-state index contributed by atoms with van der Waals surface area (Å²) in [5.74, 6) is 0.120. The van der Waals surface area contributed by atoms with E-state index in [-0.39, 0.29) is 16.9 Å². The highest BCUT2D eigenvalue weighted by Gasteiger charge is 2.14. The minimum absolute atomic E-state index is 0.0829. The third-order valence-electron chi connectivity index (χ3n) is 5.61. The number of carbonyl (C=O) groups is 2. The molecule has 0 atom stereocenters. The Labute approximate surface area is 229 Å². The monoisotopic (exact) mass is 547 g/mol. The molecule has 39 heavy (non-hydrogen) atoms. The van der Waals surface area contributed by atoms with Crippen LogP contribution in [0.2, 0.25) is 5.02 Å². The molecule has 1 N–H and O–H groups in total. The van der Waals surface area contributed by atoms with Gasteiger partial charge in [-0.05, 0) is 66.1 Å². The van der Waals surface area contributed by atoms with E-state index in [4.69, 9.17) is 30.2 Å². The molecule has 0 saturated carbocycles. The van der Waals surface area contributed by atoms with Crippen molar-refractivity contribution in [3.8, 4) is 17.2 Å². The Bertz CT molecular complexity index is 1580. The molecule has 9 heteroatoms. The number of esters is 1. The van der Waals surface area contributed by atoms with Gasteiger partial charge >= 0.3 is 11.6 Å². The molecule has 0 fully saturated rings. The van der Waals surface area contributed by atoms with Crippen LogP contribution in [0.3, 0.4) is 0 Å². The second-order valence-electron chi connectivity index (χ2n) is 8.48. The van der Waals surface area contributed by atoms with Crippen molar-refractivity contribution >= 4 is 40.5 Å². The summed E-state index contributed by atoms with van der Waals surface area (Å²) in [5.41, 5.74) is 0.995. The lowest BCUT2D eigenvalue weighted by atomic mass is 10.1. The molecule has 0 aliphatic carbocycles. The largest absolute Gasteiger partial charge is 0.493 e. The van der Waals surface area contributed by atoms with Gasteiger partial charge in [0.15, 0.2) is 11.5 Å². The summed E-state index contributed by atoms with van der Waals surface area (Å²) in [7, 11) is 1.53. The molecule has 1 heterocycles. The summed E-state index contributed by atoms with van der Waals surface area (Å²) in [6, 6.07) is 18.7. The van der Waals surface area contributed by atoms with E-state index in [1.54, 1.807) is 48.5 Å². The number of halogens is 1. The molecule has 0 aliphatic rings. The molecule has 0 unspecified atom stereocenters. The maximum absolute atomic E-state index is 12.4. The molecular formula is C30H26ClNO7. The number of amides is 1. The van der Waals surface area contributed by atoms with Crippen LogP contribution in [-0.4, -0.2) is 25.5 Å². The fraction of sp³-hybridized carbons (Fsp3) is 0.167. The number of hydrogen-bond donors (Lipinski definition) is 1. The van der Waals surface area contributed by atoms with Gasteiger partial charge in [0.25, 0.3) is 5.91 Å². The average Bonchev–Trinajstić information content (AvgIpc) is 2.94. The Hall–Kier alpha value is -4.56. The van der Waals surface area contributed by atoms with Crippen molar-refractivity contribution < 1.29 is 28.2 Å². The third kappa shape index (κ3) is 7.27. The third-order valence-corrected chi connectivity index (χ3v) is 5.87. The Kier molecular flexibility index (Phi) is 9.01. The van der Waals surface area contributed by atoms with Gasteiger partial charge in [0, 0.05) is 29.1 Å². The fourth-order valence-corrected chi connectivity index (χ4v) is 3.74. The number of rotatable bonds is 10. The number of benzene rings is 3. The van der Waals surface area contributed by atoms with Crippen molar-refractivity contribution in [1.29, 1.82) is 0 Å². The van der Waals surface area contributed by atoms with Crippen molar-refractivity contribution in [2.24, 2.45) is 0 Å². The van der Waals surface area contributed by atoms with E-state index in [1.807, 2.05) is 19.1 Å². The SMILES string of the molecule is CCCNC(=O)c1cc2ccc(OC(=O)/C=C/c3ccc(OCc4ccc(Cl)cc4)c(OC)c3)cc2oc1=O. The first-order chi connectivity index (χ1) is 18.9. The first-order valence-corrected chi connectivity index (χ1v) is 12.6. The molecule has 0 spiro atoms. The van der Waals surface area contributed by atoms with Crippen LogP contribution in [0.5, 0.6) is 17.2 Å². The molecule has 8 nitrogen and oxygen atoms in total. The molecule has 0 saturated heterocycles. The van der Waals surface area contributed by atoms with Gasteiger partial charge < -0.3 is 23.9 Å². The molecular weight excluding hydrogens is 522 g/mol. The molecule has 1 amide bonds. The summed E-state index contributed by atoms with van der Waals surface area (Å²) in [6.07, 6.45) is 3.59. The van der Waals surface area contributed by atoms with Gasteiger partial charge in [-0.1, -0.05) is 36.7 Å². The lowest BCUT2D eigenvalue weighted by molar-refractivity contribution is -0.128. The Balaban J connectivity index is 1.40. The Morgan fingerprint density at radius 2 is 1.79 bits per heavy atom. The van der Waals surface area contributed by atoms with Gasteiger partial charge in [-0.25, -0.2) is 9.59 Å². The first-order valence-electron chi connectivity index (χ1n) is 12.2. The minimum atomic E-state index is -0.769. The van der Waals surface area contributed by atoms with Crippen molar-refractivity contribution in [2.45, 2.75) is 20.0 Å². The molecule has 4 aromatic rings. The van der Waals surface area contributed by atoms with Crippen LogP contribution in [0.1, 0.15) is 34.8 Å². The van der Waals surface area contributed by atoms with E-state index in [0.29, 0.717) is 40.6 Å². The van der Waals surface area contributed by atoms with Gasteiger partial charge in [0.2, 0.25) is 0 Å². The molecule has 0 radical (unpaired) electrons. The van der Waals surface area contributed by atoms with Crippen LogP contribution in [0.4, 0.5) is 0 Å². The van der Waals surface area contributed by atoms with Crippen molar-refractivity contribution in [3.63, 3.8) is 0 Å². The predicted octanol–water partition coefficient (Wildman–Crippen LogP) is 5.79. The molecule has 4 rings (SSSR count). The van der Waals surface area contributed by atoms with E-state index >= 15 is 0 Å². The molecule has 0 aliphatic heterocycles. The van der Waals surface area contributed by atoms with Crippen LogP contribution < -0.4 is 25.2 Å². The minimum Gasteiger partial charge on any atom is -0.493 e. The highest BCUT2D eigenvalue weighted by Crippen LogP contribution is 2.29. The van der Waals surface area contributed by atoms with Crippen LogP contribution in [0.15, 0.2) is 82.0 Å². The summed E-state index contributed by atoms with van der Waals surface area (Å²) >= 11 is 5.92. The van der Waals surface area contributed by atoms with Crippen LogP contribution in [0, 0.1) is 0 Å². The van der Waals surface area contributed by atoms with Gasteiger partial charge in [0.1, 0.15) is 23.5 Å². The quantitative estimate of drug-likeness (QED) is 0.116. The van der Waals surface area contributed by atoms with E-state index < -0.39 is 17.5 Å². The zero-order valence-electron chi connectivity index (χ0n) is 21.4. The van der Waals surface area contributed by atoms with E-state index in [1.165, 1.54) is 25.3 Å². The second kappa shape index (κ2) is 12.8. The molecule has 200 valence electrons. The van der Waals surface area contributed by atoms with Gasteiger partial charge in [0.05, 0.1) is 7.11 Å². The van der Waals surface area contributed by atoms with Gasteiger partial charge in [-0.3, -0.25) is 4.79 Å². The number of nitrogens with one attached hydrogen (secondary N) is 1. The Morgan fingerprint density at radius 3 is 2.54 bits per heavy atom. The van der Waals surface area contributed by atoms with E-state index in [2.05, 4.69) is 5.32 Å². The molecule has 3 aromatic carbocycles. The number of ether oxygens (including phenoxy) is 3. The Morgan fingerprint density at radius 1 is 1.00 bits per heavy atom. The standard InChI is InChI=1S/C30H26ClNO7/c1-3-14-32-29(34)24-16-21-8-11-23(17-26(21)39-30(24)35)38-28(33)13-7-19-6-12-25(27(15-19)36-2)37-18-20-4-9-22(31)10-5-20/h4-13,15-17H,3,14,18H2,1-2H3,(H,32,34)/b13-7+. The van der Waals surface area contributed by atoms with Gasteiger partial charge in [-0.2, -0.15) is 0 Å². The zero-order valence-corrected chi connectivity index (χ0v) is 22.1. The number of methoxy groups -OCH3 is 1. The summed E-state index contributed by atoms with van der Waals surface area (Å²) in [4.78, 5) is 36.8. The van der Waals surface area contributed by atoms with Crippen LogP contribution in [0.25, 0.3) is 17.0 Å². The topological polar surface area (TPSA) is 104 Å². The summed E-state index contributed by atoms with van der Waals surface area (Å²) in [6.45, 7) is 2.70. The van der Waals surface area contributed by atoms with E-state index in [0.717, 1.165) is 12.0 Å². The first kappa shape index (κ1) is 27.5. The summed E-state index contributed by atoms with van der Waals surface area (Å²) in [5, 5.41) is 3.83. The number of hydrogen-bond acceptors (Lipinski definition) is 7. The number of carbonyl (C=O) groups excluding carboxylic acids is 2. The fourth-order valence-electron chi connectivity index (χ4n) is 3.61. The highest BCUT2D eigenvalue weighted by atomic mass is 35.5. The number of fused-ring (bicyclic) bond motifs is 1. The highest BCUT2D eigenvalue weighted by molar-refractivity contribution is 6.30.